The molecule has 23 heavy (non-hydrogen) atoms. The van der Waals surface area contributed by atoms with Crippen LogP contribution in [-0.4, -0.2) is 6.61 Å². The summed E-state index contributed by atoms with van der Waals surface area (Å²) in [6.45, 7) is 0.358. The molecule has 0 radical (unpaired) electrons. The first kappa shape index (κ1) is 19.4. The molecule has 0 saturated heterocycles. The molecule has 2 aromatic rings. The van der Waals surface area contributed by atoms with E-state index in [2.05, 4.69) is 47.8 Å². The summed E-state index contributed by atoms with van der Waals surface area (Å²) < 4.78 is 12.8. The highest BCUT2D eigenvalue weighted by Gasteiger charge is 2.11. The van der Waals surface area contributed by atoms with E-state index >= 15 is 0 Å². The molecular formula is C15H8Br3Cl3O2. The van der Waals surface area contributed by atoms with Crippen molar-refractivity contribution in [2.45, 2.75) is 0 Å². The Labute approximate surface area is 174 Å². The third-order valence-electron chi connectivity index (χ3n) is 2.56. The van der Waals surface area contributed by atoms with E-state index in [1.165, 1.54) is 0 Å². The van der Waals surface area contributed by atoms with Crippen LogP contribution in [-0.2, 0) is 0 Å². The van der Waals surface area contributed by atoms with Gasteiger partial charge in [0.2, 0.25) is 0 Å². The summed E-state index contributed by atoms with van der Waals surface area (Å²) in [6.07, 6.45) is 1.81. The molecule has 0 N–H and O–H groups in total. The fourth-order valence-corrected chi connectivity index (χ4v) is 3.08. The lowest BCUT2D eigenvalue weighted by Gasteiger charge is -2.12. The molecule has 0 amide bonds. The van der Waals surface area contributed by atoms with Crippen LogP contribution < -0.4 is 9.47 Å². The fourth-order valence-electron chi connectivity index (χ4n) is 1.60. The van der Waals surface area contributed by atoms with Crippen LogP contribution in [0.4, 0.5) is 0 Å². The lowest BCUT2D eigenvalue weighted by Crippen LogP contribution is -1.96. The molecular weight excluding hydrogens is 558 g/mol. The Balaban J connectivity index is 2.18. The maximum Gasteiger partial charge on any atom is 0.152 e. The van der Waals surface area contributed by atoms with Crippen LogP contribution in [0.5, 0.6) is 17.2 Å². The molecule has 0 spiro atoms. The van der Waals surface area contributed by atoms with Crippen LogP contribution in [0.2, 0.25) is 15.1 Å². The van der Waals surface area contributed by atoms with E-state index in [9.17, 15) is 0 Å². The van der Waals surface area contributed by atoms with E-state index < -0.39 is 0 Å². The number of halogens is 6. The predicted molar refractivity (Wildman–Crippen MR) is 107 cm³/mol. The zero-order valence-corrected chi connectivity index (χ0v) is 18.3. The lowest BCUT2D eigenvalue weighted by molar-refractivity contribution is 0.360. The van der Waals surface area contributed by atoms with Crippen LogP contribution in [0.1, 0.15) is 0 Å². The average Bonchev–Trinajstić information content (AvgIpc) is 2.45. The minimum atomic E-state index is 0.358. The number of ether oxygens (including phenoxy) is 2. The average molecular weight is 566 g/mol. The summed E-state index contributed by atoms with van der Waals surface area (Å²) in [4.78, 5) is 0. The van der Waals surface area contributed by atoms with Crippen LogP contribution in [0.3, 0.4) is 0 Å². The summed E-state index contributed by atoms with van der Waals surface area (Å²) in [7, 11) is 0. The van der Waals surface area contributed by atoms with Gasteiger partial charge in [-0.2, -0.15) is 0 Å². The number of hydrogen-bond acceptors (Lipinski definition) is 2. The minimum absolute atomic E-state index is 0.358. The van der Waals surface area contributed by atoms with Gasteiger partial charge in [-0.1, -0.05) is 34.8 Å². The Morgan fingerprint density at radius 1 is 0.957 bits per heavy atom. The van der Waals surface area contributed by atoms with Gasteiger partial charge in [-0.25, -0.2) is 0 Å². The van der Waals surface area contributed by atoms with Crippen molar-refractivity contribution in [3.05, 3.63) is 59.3 Å². The number of benzene rings is 2. The minimum Gasteiger partial charge on any atom is -0.487 e. The Kier molecular flexibility index (Phi) is 7.57. The van der Waals surface area contributed by atoms with Crippen molar-refractivity contribution in [3.8, 4) is 17.2 Å². The molecule has 2 aromatic carbocycles. The van der Waals surface area contributed by atoms with Gasteiger partial charge in [-0.15, -0.1) is 0 Å². The molecule has 0 unspecified atom stereocenters. The summed E-state index contributed by atoms with van der Waals surface area (Å²) in [5.74, 6) is 1.64. The summed E-state index contributed by atoms with van der Waals surface area (Å²) in [6, 6.07) is 8.44. The molecule has 0 atom stereocenters. The zero-order chi connectivity index (χ0) is 17.0. The van der Waals surface area contributed by atoms with Gasteiger partial charge in [-0.3, -0.25) is 0 Å². The van der Waals surface area contributed by atoms with Gasteiger partial charge < -0.3 is 9.47 Å². The van der Waals surface area contributed by atoms with Gasteiger partial charge in [-0.05, 0) is 72.1 Å². The van der Waals surface area contributed by atoms with Crippen molar-refractivity contribution in [3.63, 3.8) is 0 Å². The predicted octanol–water partition coefficient (Wildman–Crippen LogP) is 8.21. The summed E-state index contributed by atoms with van der Waals surface area (Å²) in [5.41, 5.74) is 0. The molecule has 2 nitrogen and oxygen atoms in total. The molecule has 2 rings (SSSR count). The van der Waals surface area contributed by atoms with Crippen molar-refractivity contribution >= 4 is 82.6 Å². The first-order valence-corrected chi connectivity index (χ1v) is 9.64. The van der Waals surface area contributed by atoms with E-state index in [0.717, 1.165) is 3.39 Å². The van der Waals surface area contributed by atoms with Gasteiger partial charge in [0.15, 0.2) is 5.75 Å². The van der Waals surface area contributed by atoms with Crippen LogP contribution in [0, 0.1) is 0 Å². The molecule has 0 saturated carbocycles. The fraction of sp³-hybridized carbons (Fsp3) is 0.0667. The zero-order valence-electron chi connectivity index (χ0n) is 11.3. The molecule has 0 aromatic heterocycles. The van der Waals surface area contributed by atoms with Crippen molar-refractivity contribution < 1.29 is 9.47 Å². The van der Waals surface area contributed by atoms with E-state index in [0.29, 0.717) is 43.4 Å². The van der Waals surface area contributed by atoms with Crippen molar-refractivity contribution in [2.75, 3.05) is 6.61 Å². The standard InChI is InChI=1S/C15H8Br3Cl3O2/c16-10-5-9(23-8-1-2-11(19)12(20)6-8)7-13(21)15(10)22-4-3-14(17)18/h1-3,5-7H,4H2. The molecule has 8 heteroatoms. The van der Waals surface area contributed by atoms with Crippen LogP contribution in [0.25, 0.3) is 0 Å². The second kappa shape index (κ2) is 8.97. The molecule has 0 aliphatic heterocycles. The van der Waals surface area contributed by atoms with Gasteiger partial charge in [0.1, 0.15) is 18.1 Å². The van der Waals surface area contributed by atoms with E-state index in [1.54, 1.807) is 30.3 Å². The van der Waals surface area contributed by atoms with Gasteiger partial charge >= 0.3 is 0 Å². The van der Waals surface area contributed by atoms with Crippen LogP contribution in [0.15, 0.2) is 44.3 Å². The highest BCUT2D eigenvalue weighted by atomic mass is 79.9. The largest absolute Gasteiger partial charge is 0.487 e. The first-order chi connectivity index (χ1) is 10.9. The normalized spacial score (nSPS) is 10.3. The Morgan fingerprint density at radius 3 is 2.26 bits per heavy atom. The second-order valence-corrected chi connectivity index (χ2v) is 9.05. The van der Waals surface area contributed by atoms with E-state index in [1.807, 2.05) is 6.08 Å². The summed E-state index contributed by atoms with van der Waals surface area (Å²) in [5, 5.41) is 1.31. The maximum atomic E-state index is 6.25. The first-order valence-electron chi connectivity index (χ1n) is 6.12. The quantitative estimate of drug-likeness (QED) is 0.363. The Bertz CT molecular complexity index is 724. The second-order valence-electron chi connectivity index (χ2n) is 4.20. The highest BCUT2D eigenvalue weighted by Crippen LogP contribution is 2.39. The van der Waals surface area contributed by atoms with E-state index in [4.69, 9.17) is 44.3 Å². The Hall–Kier alpha value is 0.0900. The number of hydrogen-bond donors (Lipinski definition) is 0. The van der Waals surface area contributed by atoms with Crippen molar-refractivity contribution in [1.29, 1.82) is 0 Å². The summed E-state index contributed by atoms with van der Waals surface area (Å²) >= 11 is 28.0. The third-order valence-corrected chi connectivity index (χ3v) is 4.82. The molecule has 0 aliphatic carbocycles. The van der Waals surface area contributed by atoms with Gasteiger partial charge in [0.05, 0.1) is 22.9 Å². The Morgan fingerprint density at radius 2 is 1.65 bits per heavy atom. The molecule has 0 bridgehead atoms. The molecule has 0 aliphatic rings. The molecule has 0 heterocycles. The topological polar surface area (TPSA) is 18.5 Å². The number of rotatable bonds is 5. The van der Waals surface area contributed by atoms with Gasteiger partial charge in [0, 0.05) is 12.1 Å². The smallest absolute Gasteiger partial charge is 0.152 e. The van der Waals surface area contributed by atoms with E-state index in [-0.39, 0.29) is 0 Å². The SMILES string of the molecule is Clc1ccc(Oc2cc(Cl)c(OCC=C(Br)Br)c(Br)c2)cc1Cl. The van der Waals surface area contributed by atoms with Crippen molar-refractivity contribution in [1.82, 2.24) is 0 Å². The van der Waals surface area contributed by atoms with Crippen molar-refractivity contribution in [2.24, 2.45) is 0 Å². The van der Waals surface area contributed by atoms with Crippen LogP contribution >= 0.6 is 82.6 Å². The monoisotopic (exact) mass is 562 g/mol. The lowest BCUT2D eigenvalue weighted by atomic mass is 10.3. The third kappa shape index (κ3) is 5.83. The molecule has 0 fully saturated rings. The highest BCUT2D eigenvalue weighted by molar-refractivity contribution is 9.28. The van der Waals surface area contributed by atoms with Gasteiger partial charge in [0.25, 0.3) is 0 Å². The maximum absolute atomic E-state index is 6.25. The molecule has 122 valence electrons.